The highest BCUT2D eigenvalue weighted by Crippen LogP contribution is 2.34. The van der Waals surface area contributed by atoms with Gasteiger partial charge in [0.1, 0.15) is 11.6 Å². The maximum absolute atomic E-state index is 13.7. The van der Waals surface area contributed by atoms with Crippen molar-refractivity contribution in [3.05, 3.63) is 93.2 Å². The topological polar surface area (TPSA) is 87.7 Å². The van der Waals surface area contributed by atoms with Crippen LogP contribution in [0, 0.1) is 5.82 Å². The van der Waals surface area contributed by atoms with Crippen molar-refractivity contribution >= 4 is 39.1 Å². The number of nitrogens with one attached hydrogen (secondary N) is 2. The van der Waals surface area contributed by atoms with E-state index in [1.165, 1.54) is 42.5 Å². The average Bonchev–Trinajstić information content (AvgIpc) is 2.92. The van der Waals surface area contributed by atoms with E-state index < -0.39 is 21.9 Å². The van der Waals surface area contributed by atoms with Crippen LogP contribution in [0.25, 0.3) is 0 Å². The van der Waals surface area contributed by atoms with Crippen molar-refractivity contribution in [2.24, 2.45) is 0 Å². The fraction of sp³-hybridized carbons (Fsp3) is 0.387. The molecule has 1 aliphatic heterocycles. The molecule has 0 saturated heterocycles. The summed E-state index contributed by atoms with van der Waals surface area (Å²) in [5, 5.41) is 3.34. The van der Waals surface area contributed by atoms with Gasteiger partial charge in [-0.25, -0.2) is 17.5 Å². The summed E-state index contributed by atoms with van der Waals surface area (Å²) in [4.78, 5) is 15.6. The molecule has 7 nitrogen and oxygen atoms in total. The van der Waals surface area contributed by atoms with Crippen LogP contribution in [0.15, 0.2) is 65.6 Å². The molecule has 0 spiro atoms. The third-order valence-corrected chi connectivity index (χ3v) is 9.53. The third-order valence-electron chi connectivity index (χ3n) is 7.32. The zero-order valence-electron chi connectivity index (χ0n) is 24.1. The minimum atomic E-state index is -4.10. The van der Waals surface area contributed by atoms with Gasteiger partial charge in [0.2, 0.25) is 15.9 Å². The fourth-order valence-corrected chi connectivity index (χ4v) is 6.60. The first-order valence-corrected chi connectivity index (χ1v) is 16.0. The van der Waals surface area contributed by atoms with E-state index in [0.717, 1.165) is 30.0 Å². The molecule has 4 rings (SSSR count). The van der Waals surface area contributed by atoms with E-state index in [1.54, 1.807) is 0 Å². The van der Waals surface area contributed by atoms with Crippen LogP contribution in [0.1, 0.15) is 69.3 Å². The van der Waals surface area contributed by atoms with Gasteiger partial charge in [-0.05, 0) is 74.8 Å². The van der Waals surface area contributed by atoms with Crippen LogP contribution in [0.5, 0.6) is 5.75 Å². The van der Waals surface area contributed by atoms with Crippen LogP contribution in [-0.2, 0) is 21.4 Å². The standard InChI is InChI=1S/C31H36Cl2FN3O4S/c1-5-37(31(2,3)4)19-20-6-12-24-27(14-15-41-29(24)16-20)35-30(38)18-28(21-7-9-22(34)10-8-21)36-42(39,40)23-11-13-25(32)26(33)17-23/h6-13,16-17,27-28,36H,5,14-15,18-19H2,1-4H3,(H,35,38)/t27-,28-/m1/s1. The number of carbonyl (C=O) groups is 1. The molecule has 1 amide bonds. The number of hydrogen-bond acceptors (Lipinski definition) is 5. The van der Waals surface area contributed by atoms with Gasteiger partial charge in [-0.2, -0.15) is 0 Å². The van der Waals surface area contributed by atoms with Gasteiger partial charge in [-0.1, -0.05) is 54.4 Å². The number of fused-ring (bicyclic) bond motifs is 1. The Morgan fingerprint density at radius 1 is 1.07 bits per heavy atom. The molecule has 226 valence electrons. The molecule has 0 unspecified atom stereocenters. The van der Waals surface area contributed by atoms with Crippen LogP contribution >= 0.6 is 23.2 Å². The Morgan fingerprint density at radius 3 is 2.43 bits per heavy atom. The van der Waals surface area contributed by atoms with Crippen LogP contribution in [-0.4, -0.2) is 37.9 Å². The SMILES string of the molecule is CCN(Cc1ccc2c(c1)OCC[C@H]2NC(=O)C[C@@H](NS(=O)(=O)c1ccc(Cl)c(Cl)c1)c1ccc(F)cc1)C(C)(C)C. The summed E-state index contributed by atoms with van der Waals surface area (Å²) in [5.41, 5.74) is 2.44. The lowest BCUT2D eigenvalue weighted by Crippen LogP contribution is -2.40. The molecule has 11 heteroatoms. The highest BCUT2D eigenvalue weighted by atomic mass is 35.5. The quantitative estimate of drug-likeness (QED) is 0.256. The Morgan fingerprint density at radius 2 is 1.79 bits per heavy atom. The van der Waals surface area contributed by atoms with E-state index >= 15 is 0 Å². The number of rotatable bonds is 10. The molecule has 0 aromatic heterocycles. The van der Waals surface area contributed by atoms with Crippen molar-refractivity contribution < 1.29 is 22.3 Å². The summed E-state index contributed by atoms with van der Waals surface area (Å²) >= 11 is 12.0. The molecule has 0 radical (unpaired) electrons. The van der Waals surface area contributed by atoms with Gasteiger partial charge in [-0.3, -0.25) is 9.69 Å². The molecule has 0 bridgehead atoms. The number of carbonyl (C=O) groups excluding carboxylic acids is 1. The fourth-order valence-electron chi connectivity index (χ4n) is 4.99. The van der Waals surface area contributed by atoms with Crippen molar-refractivity contribution in [3.8, 4) is 5.75 Å². The van der Waals surface area contributed by atoms with Crippen LogP contribution in [0.2, 0.25) is 10.0 Å². The van der Waals surface area contributed by atoms with Gasteiger partial charge in [0.15, 0.2) is 0 Å². The molecule has 0 saturated carbocycles. The van der Waals surface area contributed by atoms with Crippen molar-refractivity contribution in [2.75, 3.05) is 13.2 Å². The molecule has 2 atom stereocenters. The first kappa shape index (κ1) is 32.2. The average molecular weight is 637 g/mol. The summed E-state index contributed by atoms with van der Waals surface area (Å²) in [7, 11) is -4.10. The Balaban J connectivity index is 1.52. The molecular weight excluding hydrogens is 600 g/mol. The van der Waals surface area contributed by atoms with E-state index in [4.69, 9.17) is 27.9 Å². The van der Waals surface area contributed by atoms with Gasteiger partial charge in [0.25, 0.3) is 0 Å². The van der Waals surface area contributed by atoms with Gasteiger partial charge < -0.3 is 10.1 Å². The maximum Gasteiger partial charge on any atom is 0.241 e. The molecule has 1 heterocycles. The van der Waals surface area contributed by atoms with Gasteiger partial charge in [0.05, 0.1) is 33.6 Å². The smallest absolute Gasteiger partial charge is 0.241 e. The molecule has 42 heavy (non-hydrogen) atoms. The summed E-state index contributed by atoms with van der Waals surface area (Å²) in [5.74, 6) is -0.116. The number of hydrogen-bond donors (Lipinski definition) is 2. The Kier molecular flexibility index (Phi) is 10.2. The van der Waals surface area contributed by atoms with Crippen LogP contribution < -0.4 is 14.8 Å². The summed E-state index contributed by atoms with van der Waals surface area (Å²) in [6.07, 6.45) is 0.353. The van der Waals surface area contributed by atoms with E-state index in [0.29, 0.717) is 18.6 Å². The second kappa shape index (κ2) is 13.3. The highest BCUT2D eigenvalue weighted by molar-refractivity contribution is 7.89. The monoisotopic (exact) mass is 635 g/mol. The second-order valence-corrected chi connectivity index (χ2v) is 13.8. The second-order valence-electron chi connectivity index (χ2n) is 11.3. The summed E-state index contributed by atoms with van der Waals surface area (Å²) in [6.45, 7) is 10.8. The third kappa shape index (κ3) is 8.02. The Labute approximate surface area is 257 Å². The van der Waals surface area contributed by atoms with Gasteiger partial charge in [-0.15, -0.1) is 0 Å². The van der Waals surface area contributed by atoms with Gasteiger partial charge in [0, 0.05) is 30.5 Å². The van der Waals surface area contributed by atoms with Crippen molar-refractivity contribution in [3.63, 3.8) is 0 Å². The molecule has 0 fully saturated rings. The van der Waals surface area contributed by atoms with E-state index in [9.17, 15) is 17.6 Å². The van der Waals surface area contributed by atoms with Crippen molar-refractivity contribution in [2.45, 2.75) is 69.6 Å². The molecule has 1 aliphatic rings. The van der Waals surface area contributed by atoms with Crippen LogP contribution in [0.4, 0.5) is 4.39 Å². The number of ether oxygens (including phenoxy) is 1. The molecular formula is C31H36Cl2FN3O4S. The maximum atomic E-state index is 13.7. The molecule has 3 aromatic carbocycles. The normalized spacial score (nSPS) is 16.0. The summed E-state index contributed by atoms with van der Waals surface area (Å²) in [6, 6.07) is 14.1. The number of benzene rings is 3. The first-order chi connectivity index (χ1) is 19.8. The summed E-state index contributed by atoms with van der Waals surface area (Å²) < 4.78 is 48.7. The van der Waals surface area contributed by atoms with Crippen LogP contribution in [0.3, 0.4) is 0 Å². The Hall–Kier alpha value is -2.69. The van der Waals surface area contributed by atoms with Crippen molar-refractivity contribution in [1.82, 2.24) is 14.9 Å². The lowest BCUT2D eigenvalue weighted by Gasteiger charge is -2.35. The number of halogens is 3. The zero-order chi connectivity index (χ0) is 30.7. The van der Waals surface area contributed by atoms with E-state index in [1.807, 2.05) is 18.2 Å². The minimum Gasteiger partial charge on any atom is -0.493 e. The van der Waals surface area contributed by atoms with E-state index in [2.05, 4.69) is 42.6 Å². The predicted octanol–water partition coefficient (Wildman–Crippen LogP) is 6.80. The minimum absolute atomic E-state index is 0.0183. The largest absolute Gasteiger partial charge is 0.493 e. The molecule has 2 N–H and O–H groups in total. The zero-order valence-corrected chi connectivity index (χ0v) is 26.4. The molecule has 3 aromatic rings. The number of sulfonamides is 1. The number of nitrogens with zero attached hydrogens (tertiary/aromatic N) is 1. The lowest BCUT2D eigenvalue weighted by molar-refractivity contribution is -0.122. The lowest BCUT2D eigenvalue weighted by atomic mass is 9.97. The van der Waals surface area contributed by atoms with Crippen molar-refractivity contribution in [1.29, 1.82) is 0 Å². The highest BCUT2D eigenvalue weighted by Gasteiger charge is 2.28. The number of amides is 1. The Bertz CT molecular complexity index is 1530. The van der Waals surface area contributed by atoms with Gasteiger partial charge >= 0.3 is 0 Å². The molecule has 0 aliphatic carbocycles. The first-order valence-electron chi connectivity index (χ1n) is 13.8. The van der Waals surface area contributed by atoms with E-state index in [-0.39, 0.29) is 38.8 Å². The predicted molar refractivity (Wildman–Crippen MR) is 164 cm³/mol.